The Kier molecular flexibility index (Phi) is 18.9. The Morgan fingerprint density at radius 1 is 0.600 bits per heavy atom. The molecule has 1 aromatic heterocycles. The third-order valence-electron chi connectivity index (χ3n) is 4.71. The van der Waals surface area contributed by atoms with E-state index in [-0.39, 0.29) is 12.4 Å². The summed E-state index contributed by atoms with van der Waals surface area (Å²) in [6.45, 7) is 3.45. The van der Waals surface area contributed by atoms with Gasteiger partial charge in [0.15, 0.2) is 12.4 Å². The number of hydrogen-bond donors (Lipinski definition) is 0. The molecule has 0 aliphatic carbocycles. The van der Waals surface area contributed by atoms with E-state index in [0.717, 1.165) is 0 Å². The number of rotatable bonds is 16. The molecule has 0 radical (unpaired) electrons. The summed E-state index contributed by atoms with van der Waals surface area (Å²) in [6, 6.07) is 6.30. The topological polar surface area (TPSA) is 3.88 Å². The molecule has 0 aliphatic heterocycles. The van der Waals surface area contributed by atoms with E-state index < -0.39 is 0 Å². The van der Waals surface area contributed by atoms with Gasteiger partial charge in [-0.3, -0.25) is 0 Å². The first kappa shape index (κ1) is 24.2. The molecule has 0 bridgehead atoms. The lowest BCUT2D eigenvalue weighted by Crippen LogP contribution is -3.00. The fraction of sp³-hybridized carbons (Fsp3) is 0.696. The summed E-state index contributed by atoms with van der Waals surface area (Å²) in [5, 5.41) is 0. The number of pyridine rings is 1. The Bertz CT molecular complexity index is 388. The molecule has 1 nitrogen and oxygen atoms in total. The molecule has 0 aliphatic rings. The van der Waals surface area contributed by atoms with Crippen LogP contribution in [-0.4, -0.2) is 0 Å². The van der Waals surface area contributed by atoms with Crippen LogP contribution in [0.5, 0.6) is 0 Å². The molecular formula is C23H40ClN. The average molecular weight is 366 g/mol. The van der Waals surface area contributed by atoms with E-state index in [2.05, 4.69) is 54.2 Å². The summed E-state index contributed by atoms with van der Waals surface area (Å²) in [4.78, 5) is 0. The Balaban J connectivity index is 0.00000576. The second-order valence-electron chi connectivity index (χ2n) is 7.05. The van der Waals surface area contributed by atoms with E-state index in [9.17, 15) is 0 Å². The highest BCUT2D eigenvalue weighted by Gasteiger charge is 1.97. The van der Waals surface area contributed by atoms with Gasteiger partial charge in [-0.15, -0.1) is 0 Å². The largest absolute Gasteiger partial charge is 1.00 e. The smallest absolute Gasteiger partial charge is 0.168 e. The highest BCUT2D eigenvalue weighted by Crippen LogP contribution is 2.09. The average Bonchev–Trinajstić information content (AvgIpc) is 2.62. The second-order valence-corrected chi connectivity index (χ2v) is 7.05. The van der Waals surface area contributed by atoms with Crippen molar-refractivity contribution in [1.29, 1.82) is 0 Å². The van der Waals surface area contributed by atoms with E-state index >= 15 is 0 Å². The number of hydrogen-bond acceptors (Lipinski definition) is 0. The molecule has 0 atom stereocenters. The van der Waals surface area contributed by atoms with Crippen molar-refractivity contribution < 1.29 is 17.0 Å². The van der Waals surface area contributed by atoms with E-state index in [1.54, 1.807) is 0 Å². The van der Waals surface area contributed by atoms with E-state index in [0.29, 0.717) is 0 Å². The standard InChI is InChI=1S/C23H40N.ClH/c1-2-3-4-5-6-7-8-9-10-11-12-13-14-15-16-18-21-24-22-19-17-20-23-24;/h9-10,17,19-20,22-23H,2-8,11-16,18,21H2,1H3;1H/q+1;/p-1. The summed E-state index contributed by atoms with van der Waals surface area (Å²) in [7, 11) is 0. The quantitative estimate of drug-likeness (QED) is 0.237. The van der Waals surface area contributed by atoms with Gasteiger partial charge in [0.1, 0.15) is 6.54 Å². The lowest BCUT2D eigenvalue weighted by Gasteiger charge is -2.00. The summed E-state index contributed by atoms with van der Waals surface area (Å²) >= 11 is 0. The fourth-order valence-electron chi connectivity index (χ4n) is 3.13. The van der Waals surface area contributed by atoms with Crippen molar-refractivity contribution in [3.63, 3.8) is 0 Å². The third kappa shape index (κ3) is 16.4. The van der Waals surface area contributed by atoms with Gasteiger partial charge in [-0.05, 0) is 32.1 Å². The molecule has 0 unspecified atom stereocenters. The molecular weight excluding hydrogens is 326 g/mol. The molecule has 1 heterocycles. The van der Waals surface area contributed by atoms with Crippen LogP contribution in [0.1, 0.15) is 96.8 Å². The molecule has 2 heteroatoms. The molecule has 1 rings (SSSR count). The lowest BCUT2D eigenvalue weighted by molar-refractivity contribution is -0.697. The zero-order valence-corrected chi connectivity index (χ0v) is 17.2. The van der Waals surface area contributed by atoms with Gasteiger partial charge >= 0.3 is 0 Å². The summed E-state index contributed by atoms with van der Waals surface area (Å²) in [5.41, 5.74) is 0. The Morgan fingerprint density at radius 2 is 1.08 bits per heavy atom. The van der Waals surface area contributed by atoms with Crippen molar-refractivity contribution in [2.75, 3.05) is 0 Å². The van der Waals surface area contributed by atoms with Crippen LogP contribution in [0.25, 0.3) is 0 Å². The maximum Gasteiger partial charge on any atom is 0.168 e. The van der Waals surface area contributed by atoms with Crippen LogP contribution in [-0.2, 0) is 6.54 Å². The Morgan fingerprint density at radius 3 is 1.64 bits per heavy atom. The summed E-state index contributed by atoms with van der Waals surface area (Å²) < 4.78 is 2.29. The molecule has 1 aromatic rings. The molecule has 0 saturated carbocycles. The van der Waals surface area contributed by atoms with Gasteiger partial charge in [-0.1, -0.05) is 76.5 Å². The summed E-state index contributed by atoms with van der Waals surface area (Å²) in [5.74, 6) is 0. The molecule has 0 N–H and O–H groups in total. The van der Waals surface area contributed by atoms with Crippen molar-refractivity contribution in [2.24, 2.45) is 0 Å². The third-order valence-corrected chi connectivity index (χ3v) is 4.71. The van der Waals surface area contributed by atoms with Gasteiger partial charge in [0.05, 0.1) is 0 Å². The molecule has 144 valence electrons. The summed E-state index contributed by atoms with van der Waals surface area (Å²) in [6.07, 6.45) is 28.5. The zero-order valence-electron chi connectivity index (χ0n) is 16.5. The van der Waals surface area contributed by atoms with Gasteiger partial charge in [-0.2, -0.15) is 0 Å². The highest BCUT2D eigenvalue weighted by atomic mass is 35.5. The lowest BCUT2D eigenvalue weighted by atomic mass is 10.1. The van der Waals surface area contributed by atoms with Gasteiger partial charge < -0.3 is 12.4 Å². The van der Waals surface area contributed by atoms with Gasteiger partial charge in [0, 0.05) is 18.6 Å². The molecule has 0 aromatic carbocycles. The van der Waals surface area contributed by atoms with Gasteiger partial charge in [-0.25, -0.2) is 4.57 Å². The van der Waals surface area contributed by atoms with Crippen LogP contribution in [0.3, 0.4) is 0 Å². The van der Waals surface area contributed by atoms with Crippen LogP contribution in [0.4, 0.5) is 0 Å². The van der Waals surface area contributed by atoms with Crippen LogP contribution in [0.2, 0.25) is 0 Å². The zero-order chi connectivity index (χ0) is 17.1. The van der Waals surface area contributed by atoms with Crippen molar-refractivity contribution >= 4 is 0 Å². The van der Waals surface area contributed by atoms with Crippen molar-refractivity contribution in [1.82, 2.24) is 0 Å². The first-order chi connectivity index (χ1) is 11.9. The van der Waals surface area contributed by atoms with Crippen molar-refractivity contribution in [3.05, 3.63) is 42.7 Å². The Labute approximate surface area is 163 Å². The number of aryl methyl sites for hydroxylation is 1. The number of nitrogens with zero attached hydrogens (tertiary/aromatic N) is 1. The molecule has 0 saturated heterocycles. The maximum absolute atomic E-state index is 2.41. The van der Waals surface area contributed by atoms with Gasteiger partial charge in [0.2, 0.25) is 0 Å². The predicted octanol–water partition coefficient (Wildman–Crippen LogP) is 4.02. The van der Waals surface area contributed by atoms with Crippen molar-refractivity contribution in [3.8, 4) is 0 Å². The minimum Gasteiger partial charge on any atom is -1.00 e. The molecule has 0 amide bonds. The maximum atomic E-state index is 2.41. The monoisotopic (exact) mass is 365 g/mol. The predicted molar refractivity (Wildman–Crippen MR) is 106 cm³/mol. The van der Waals surface area contributed by atoms with Crippen LogP contribution in [0.15, 0.2) is 42.7 Å². The number of aromatic nitrogens is 1. The van der Waals surface area contributed by atoms with Crippen LogP contribution >= 0.6 is 0 Å². The van der Waals surface area contributed by atoms with E-state index in [4.69, 9.17) is 0 Å². The number of allylic oxidation sites excluding steroid dienone is 2. The SMILES string of the molecule is CCCCCCCCC=CCCCCCCCC[n+]1ccccc1.[Cl-]. The number of unbranched alkanes of at least 4 members (excludes halogenated alkanes) is 12. The minimum atomic E-state index is 0. The first-order valence-electron chi connectivity index (χ1n) is 10.5. The second kappa shape index (κ2) is 19.5. The Hall–Kier alpha value is -0.820. The normalized spacial score (nSPS) is 10.9. The molecule has 0 fully saturated rings. The first-order valence-corrected chi connectivity index (χ1v) is 10.5. The van der Waals surface area contributed by atoms with Crippen molar-refractivity contribution in [2.45, 2.75) is 103 Å². The van der Waals surface area contributed by atoms with E-state index in [1.807, 2.05) is 0 Å². The van der Waals surface area contributed by atoms with Crippen LogP contribution < -0.4 is 17.0 Å². The molecule has 0 spiro atoms. The highest BCUT2D eigenvalue weighted by molar-refractivity contribution is 4.83. The minimum absolute atomic E-state index is 0. The van der Waals surface area contributed by atoms with E-state index in [1.165, 1.54) is 96.4 Å². The van der Waals surface area contributed by atoms with Crippen LogP contribution in [0, 0.1) is 0 Å². The number of halogens is 1. The van der Waals surface area contributed by atoms with Gasteiger partial charge in [0.25, 0.3) is 0 Å². The fourth-order valence-corrected chi connectivity index (χ4v) is 3.13. The molecule has 25 heavy (non-hydrogen) atoms.